The van der Waals surface area contributed by atoms with Gasteiger partial charge in [-0.25, -0.2) is 4.39 Å². The lowest BCUT2D eigenvalue weighted by molar-refractivity contribution is 0.622. The summed E-state index contributed by atoms with van der Waals surface area (Å²) in [5.41, 5.74) is 1.62. The molecule has 1 rings (SSSR count). The fraction of sp³-hybridized carbons (Fsp3) is 0.385. The van der Waals surface area contributed by atoms with Gasteiger partial charge in [0.15, 0.2) is 0 Å². The highest BCUT2D eigenvalue weighted by atomic mass is 35.5. The number of benzene rings is 1. The zero-order valence-electron chi connectivity index (χ0n) is 9.85. The van der Waals surface area contributed by atoms with E-state index >= 15 is 0 Å². The normalized spacial score (nSPS) is 13.9. The fourth-order valence-electron chi connectivity index (χ4n) is 1.47. The van der Waals surface area contributed by atoms with Gasteiger partial charge in [-0.3, -0.25) is 0 Å². The van der Waals surface area contributed by atoms with E-state index in [0.29, 0.717) is 5.56 Å². The van der Waals surface area contributed by atoms with Crippen molar-refractivity contribution in [3.05, 3.63) is 40.2 Å². The van der Waals surface area contributed by atoms with Crippen molar-refractivity contribution >= 4 is 17.7 Å². The van der Waals surface area contributed by atoms with Crippen molar-refractivity contribution in [2.75, 3.05) is 6.54 Å². The molecular weight excluding hydrogens is 225 g/mol. The minimum Gasteiger partial charge on any atom is -0.311 e. The highest BCUT2D eigenvalue weighted by Gasteiger charge is 2.06. The van der Waals surface area contributed by atoms with Crippen LogP contribution in [0.1, 0.15) is 26.3 Å². The van der Waals surface area contributed by atoms with Crippen LogP contribution in [0.25, 0.3) is 6.08 Å². The largest absolute Gasteiger partial charge is 0.311 e. The lowest BCUT2D eigenvalue weighted by Crippen LogP contribution is -2.26. The van der Waals surface area contributed by atoms with E-state index in [1.54, 1.807) is 18.2 Å². The van der Waals surface area contributed by atoms with Crippen LogP contribution in [-0.2, 0) is 0 Å². The molecule has 0 amide bonds. The summed E-state index contributed by atoms with van der Waals surface area (Å²) in [6.07, 6.45) is 1.83. The van der Waals surface area contributed by atoms with Crippen molar-refractivity contribution in [3.8, 4) is 0 Å². The molecular formula is C13H17ClFN. The molecule has 0 aliphatic rings. The minimum absolute atomic E-state index is 0.164. The molecule has 0 spiro atoms. The number of hydrogen-bond donors (Lipinski definition) is 1. The molecule has 1 atom stereocenters. The quantitative estimate of drug-likeness (QED) is 0.844. The average molecular weight is 242 g/mol. The first-order valence-electron chi connectivity index (χ1n) is 5.41. The van der Waals surface area contributed by atoms with Gasteiger partial charge in [0.05, 0.1) is 5.02 Å². The van der Waals surface area contributed by atoms with Crippen LogP contribution in [0.5, 0.6) is 0 Å². The molecule has 0 aromatic heterocycles. The number of rotatable bonds is 4. The van der Waals surface area contributed by atoms with Crippen LogP contribution in [0.3, 0.4) is 0 Å². The first-order valence-corrected chi connectivity index (χ1v) is 5.79. The van der Waals surface area contributed by atoms with Gasteiger partial charge in [0.2, 0.25) is 0 Å². The first-order chi connectivity index (χ1) is 7.56. The standard InChI is InChI=1S/C13H17ClFN/c1-4-16-10(3)9(2)8-11-6-5-7-12(14)13(11)15/h5-8,10,16H,4H2,1-3H3/b9-8+. The van der Waals surface area contributed by atoms with E-state index < -0.39 is 0 Å². The number of likely N-dealkylation sites (N-methyl/N-ethyl adjacent to an activating group) is 1. The summed E-state index contributed by atoms with van der Waals surface area (Å²) in [4.78, 5) is 0. The molecule has 88 valence electrons. The predicted molar refractivity (Wildman–Crippen MR) is 68.2 cm³/mol. The number of halogens is 2. The summed E-state index contributed by atoms with van der Waals surface area (Å²) in [7, 11) is 0. The maximum Gasteiger partial charge on any atom is 0.148 e. The monoisotopic (exact) mass is 241 g/mol. The molecule has 1 unspecified atom stereocenters. The van der Waals surface area contributed by atoms with Crippen LogP contribution in [-0.4, -0.2) is 12.6 Å². The van der Waals surface area contributed by atoms with Crippen LogP contribution in [0.15, 0.2) is 23.8 Å². The zero-order valence-corrected chi connectivity index (χ0v) is 10.6. The van der Waals surface area contributed by atoms with E-state index in [9.17, 15) is 4.39 Å². The maximum atomic E-state index is 13.6. The molecule has 0 saturated heterocycles. The van der Waals surface area contributed by atoms with Crippen molar-refractivity contribution in [2.45, 2.75) is 26.8 Å². The summed E-state index contributed by atoms with van der Waals surface area (Å²) in [6.45, 7) is 6.97. The second kappa shape index (κ2) is 6.02. The van der Waals surface area contributed by atoms with Crippen LogP contribution >= 0.6 is 11.6 Å². The van der Waals surface area contributed by atoms with Crippen molar-refractivity contribution < 1.29 is 4.39 Å². The Bertz CT molecular complexity index is 388. The summed E-state index contributed by atoms with van der Waals surface area (Å²) >= 11 is 5.72. The fourth-order valence-corrected chi connectivity index (χ4v) is 1.65. The van der Waals surface area contributed by atoms with Crippen molar-refractivity contribution in [3.63, 3.8) is 0 Å². The summed E-state index contributed by atoms with van der Waals surface area (Å²) in [5, 5.41) is 3.44. The van der Waals surface area contributed by atoms with E-state index in [1.165, 1.54) is 0 Å². The molecule has 1 aromatic carbocycles. The molecule has 0 fully saturated rings. The van der Waals surface area contributed by atoms with E-state index in [2.05, 4.69) is 12.2 Å². The van der Waals surface area contributed by atoms with Gasteiger partial charge < -0.3 is 5.32 Å². The van der Waals surface area contributed by atoms with Gasteiger partial charge in [-0.2, -0.15) is 0 Å². The topological polar surface area (TPSA) is 12.0 Å². The van der Waals surface area contributed by atoms with E-state index in [4.69, 9.17) is 11.6 Å². The Hall–Kier alpha value is -0.860. The summed E-state index contributed by atoms with van der Waals surface area (Å²) < 4.78 is 13.6. The van der Waals surface area contributed by atoms with E-state index in [-0.39, 0.29) is 16.9 Å². The average Bonchev–Trinajstić information content (AvgIpc) is 2.25. The SMILES string of the molecule is CCNC(C)/C(C)=C/c1cccc(Cl)c1F. The Morgan fingerprint density at radius 2 is 2.25 bits per heavy atom. The summed E-state index contributed by atoms with van der Waals surface area (Å²) in [5.74, 6) is -0.354. The molecule has 16 heavy (non-hydrogen) atoms. The van der Waals surface area contributed by atoms with Gasteiger partial charge in [0.1, 0.15) is 5.82 Å². The zero-order chi connectivity index (χ0) is 12.1. The highest BCUT2D eigenvalue weighted by Crippen LogP contribution is 2.20. The van der Waals surface area contributed by atoms with Crippen LogP contribution in [0, 0.1) is 5.82 Å². The van der Waals surface area contributed by atoms with E-state index in [1.807, 2.05) is 19.9 Å². The van der Waals surface area contributed by atoms with Crippen molar-refractivity contribution in [1.29, 1.82) is 0 Å². The third kappa shape index (κ3) is 3.32. The Morgan fingerprint density at radius 1 is 1.56 bits per heavy atom. The second-order valence-electron chi connectivity index (χ2n) is 3.81. The van der Waals surface area contributed by atoms with Gasteiger partial charge in [0.25, 0.3) is 0 Å². The third-order valence-electron chi connectivity index (χ3n) is 2.56. The Morgan fingerprint density at radius 3 is 2.88 bits per heavy atom. The lowest BCUT2D eigenvalue weighted by atomic mass is 10.1. The lowest BCUT2D eigenvalue weighted by Gasteiger charge is -2.13. The third-order valence-corrected chi connectivity index (χ3v) is 2.85. The number of nitrogens with one attached hydrogen (secondary N) is 1. The molecule has 3 heteroatoms. The Kier molecular flexibility index (Phi) is 4.97. The summed E-state index contributed by atoms with van der Waals surface area (Å²) in [6, 6.07) is 5.27. The van der Waals surface area contributed by atoms with Gasteiger partial charge in [0, 0.05) is 11.6 Å². The molecule has 1 aromatic rings. The molecule has 0 heterocycles. The maximum absolute atomic E-state index is 13.6. The molecule has 0 saturated carbocycles. The smallest absolute Gasteiger partial charge is 0.148 e. The minimum atomic E-state index is -0.354. The first kappa shape index (κ1) is 13.2. The molecule has 0 radical (unpaired) electrons. The van der Waals surface area contributed by atoms with Crippen LogP contribution in [0.4, 0.5) is 4.39 Å². The predicted octanol–water partition coefficient (Wildman–Crippen LogP) is 3.88. The highest BCUT2D eigenvalue weighted by molar-refractivity contribution is 6.30. The Labute approximate surface area is 101 Å². The Balaban J connectivity index is 2.93. The molecule has 0 bridgehead atoms. The van der Waals surface area contributed by atoms with Crippen LogP contribution in [0.2, 0.25) is 5.02 Å². The van der Waals surface area contributed by atoms with Gasteiger partial charge in [-0.1, -0.05) is 42.3 Å². The molecule has 0 aliphatic heterocycles. The number of hydrogen-bond acceptors (Lipinski definition) is 1. The van der Waals surface area contributed by atoms with E-state index in [0.717, 1.165) is 12.1 Å². The van der Waals surface area contributed by atoms with Crippen molar-refractivity contribution in [2.24, 2.45) is 0 Å². The molecule has 0 aliphatic carbocycles. The molecule has 1 N–H and O–H groups in total. The van der Waals surface area contributed by atoms with Gasteiger partial charge in [-0.05, 0) is 26.5 Å². The van der Waals surface area contributed by atoms with Crippen molar-refractivity contribution in [1.82, 2.24) is 5.32 Å². The van der Waals surface area contributed by atoms with Gasteiger partial charge in [-0.15, -0.1) is 0 Å². The van der Waals surface area contributed by atoms with Gasteiger partial charge >= 0.3 is 0 Å². The van der Waals surface area contributed by atoms with Crippen LogP contribution < -0.4 is 5.32 Å². The molecule has 1 nitrogen and oxygen atoms in total. The second-order valence-corrected chi connectivity index (χ2v) is 4.22.